The van der Waals surface area contributed by atoms with E-state index in [9.17, 15) is 0 Å². The highest BCUT2D eigenvalue weighted by Crippen LogP contribution is 2.07. The predicted molar refractivity (Wildman–Crippen MR) is 54.9 cm³/mol. The molecule has 0 aliphatic carbocycles. The summed E-state index contributed by atoms with van der Waals surface area (Å²) in [4.78, 5) is 6.60. The van der Waals surface area contributed by atoms with Gasteiger partial charge < -0.3 is 10.2 Å². The normalized spacial score (nSPS) is 23.9. The quantitative estimate of drug-likeness (QED) is 0.781. The molecule has 1 aromatic rings. The Morgan fingerprint density at radius 3 is 3.31 bits per heavy atom. The van der Waals surface area contributed by atoms with Gasteiger partial charge in [-0.2, -0.15) is 0 Å². The molecule has 1 fully saturated rings. The minimum absolute atomic E-state index is 0.659. The lowest BCUT2D eigenvalue weighted by Crippen LogP contribution is -2.30. The van der Waals surface area contributed by atoms with Gasteiger partial charge in [0.05, 0.1) is 11.2 Å². The first kappa shape index (κ1) is 9.12. The Hall–Kier alpha value is -0.450. The molecule has 0 bridgehead atoms. The predicted octanol–water partition coefficient (Wildman–Crippen LogP) is 0.937. The number of nitrogens with one attached hydrogen (secondary N) is 1. The van der Waals surface area contributed by atoms with E-state index in [0.29, 0.717) is 6.04 Å². The van der Waals surface area contributed by atoms with Crippen LogP contribution in [-0.4, -0.2) is 36.1 Å². The second-order valence-corrected chi connectivity index (χ2v) is 4.33. The van der Waals surface area contributed by atoms with Crippen LogP contribution < -0.4 is 5.32 Å². The van der Waals surface area contributed by atoms with Crippen molar-refractivity contribution in [1.82, 2.24) is 15.2 Å². The molecule has 13 heavy (non-hydrogen) atoms. The van der Waals surface area contributed by atoms with Crippen LogP contribution in [0.2, 0.25) is 0 Å². The summed E-state index contributed by atoms with van der Waals surface area (Å²) >= 11 is 1.66. The molecule has 0 saturated carbocycles. The van der Waals surface area contributed by atoms with Crippen molar-refractivity contribution < 1.29 is 0 Å². The molecular weight excluding hydrogens is 182 g/mol. The van der Waals surface area contributed by atoms with Crippen molar-refractivity contribution >= 4 is 11.3 Å². The van der Waals surface area contributed by atoms with Crippen LogP contribution in [-0.2, 0) is 6.54 Å². The number of rotatable bonds is 3. The van der Waals surface area contributed by atoms with Gasteiger partial charge in [0.1, 0.15) is 0 Å². The number of aromatic nitrogens is 1. The molecule has 4 heteroatoms. The SMILES string of the molecule is CN1CCC(NCc2cscn2)C1. The third-order valence-electron chi connectivity index (χ3n) is 2.45. The summed E-state index contributed by atoms with van der Waals surface area (Å²) in [6.07, 6.45) is 1.26. The van der Waals surface area contributed by atoms with E-state index in [0.717, 1.165) is 6.54 Å². The smallest absolute Gasteiger partial charge is 0.0795 e. The molecule has 1 aromatic heterocycles. The molecular formula is C9H15N3S. The number of nitrogens with zero attached hydrogens (tertiary/aromatic N) is 2. The summed E-state index contributed by atoms with van der Waals surface area (Å²) < 4.78 is 0. The van der Waals surface area contributed by atoms with Crippen LogP contribution in [0.25, 0.3) is 0 Å². The minimum atomic E-state index is 0.659. The van der Waals surface area contributed by atoms with E-state index in [1.165, 1.54) is 25.2 Å². The van der Waals surface area contributed by atoms with Crippen molar-refractivity contribution in [3.05, 3.63) is 16.6 Å². The highest BCUT2D eigenvalue weighted by atomic mass is 32.1. The molecule has 2 heterocycles. The van der Waals surface area contributed by atoms with Gasteiger partial charge in [-0.15, -0.1) is 11.3 Å². The fourth-order valence-corrected chi connectivity index (χ4v) is 2.23. The maximum absolute atomic E-state index is 4.24. The highest BCUT2D eigenvalue weighted by Gasteiger charge is 2.18. The zero-order valence-corrected chi connectivity index (χ0v) is 8.68. The standard InChI is InChI=1S/C9H15N3S/c1-12-3-2-8(5-12)10-4-9-6-13-7-11-9/h6-8,10H,2-5H2,1H3. The molecule has 0 spiro atoms. The number of thiazole rings is 1. The average molecular weight is 197 g/mol. The van der Waals surface area contributed by atoms with Crippen LogP contribution in [0.15, 0.2) is 10.9 Å². The largest absolute Gasteiger partial charge is 0.307 e. The van der Waals surface area contributed by atoms with Crippen LogP contribution >= 0.6 is 11.3 Å². The van der Waals surface area contributed by atoms with Gasteiger partial charge in [-0.25, -0.2) is 4.98 Å². The maximum Gasteiger partial charge on any atom is 0.0795 e. The van der Waals surface area contributed by atoms with E-state index in [1.807, 2.05) is 5.51 Å². The number of likely N-dealkylation sites (tertiary alicyclic amines) is 1. The second-order valence-electron chi connectivity index (χ2n) is 3.61. The van der Waals surface area contributed by atoms with Crippen molar-refractivity contribution in [3.63, 3.8) is 0 Å². The van der Waals surface area contributed by atoms with Crippen molar-refractivity contribution in [1.29, 1.82) is 0 Å². The fraction of sp³-hybridized carbons (Fsp3) is 0.667. The molecule has 0 aromatic carbocycles. The van der Waals surface area contributed by atoms with Crippen molar-refractivity contribution in [2.75, 3.05) is 20.1 Å². The van der Waals surface area contributed by atoms with E-state index < -0.39 is 0 Å². The van der Waals surface area contributed by atoms with E-state index in [2.05, 4.69) is 27.6 Å². The van der Waals surface area contributed by atoms with Crippen molar-refractivity contribution in [2.45, 2.75) is 19.0 Å². The first-order chi connectivity index (χ1) is 6.34. The van der Waals surface area contributed by atoms with Gasteiger partial charge in [0.2, 0.25) is 0 Å². The zero-order valence-electron chi connectivity index (χ0n) is 7.86. The first-order valence-corrected chi connectivity index (χ1v) is 5.58. The Kier molecular flexibility index (Phi) is 2.93. The van der Waals surface area contributed by atoms with E-state index in [-0.39, 0.29) is 0 Å². The summed E-state index contributed by atoms with van der Waals surface area (Å²) in [5, 5.41) is 5.62. The van der Waals surface area contributed by atoms with Gasteiger partial charge in [0.15, 0.2) is 0 Å². The molecule has 2 rings (SSSR count). The molecule has 1 aliphatic heterocycles. The van der Waals surface area contributed by atoms with Crippen LogP contribution in [0, 0.1) is 0 Å². The summed E-state index contributed by atoms with van der Waals surface area (Å²) in [5.41, 5.74) is 3.05. The lowest BCUT2D eigenvalue weighted by molar-refractivity contribution is 0.397. The lowest BCUT2D eigenvalue weighted by atomic mass is 10.2. The molecule has 1 atom stereocenters. The monoisotopic (exact) mass is 197 g/mol. The third kappa shape index (κ3) is 2.49. The Morgan fingerprint density at radius 2 is 2.69 bits per heavy atom. The van der Waals surface area contributed by atoms with Crippen LogP contribution in [0.4, 0.5) is 0 Å². The number of likely N-dealkylation sites (N-methyl/N-ethyl adjacent to an activating group) is 1. The molecule has 0 radical (unpaired) electrons. The van der Waals surface area contributed by atoms with E-state index in [1.54, 1.807) is 11.3 Å². The third-order valence-corrected chi connectivity index (χ3v) is 3.08. The van der Waals surface area contributed by atoms with E-state index in [4.69, 9.17) is 0 Å². The minimum Gasteiger partial charge on any atom is -0.307 e. The number of hydrogen-bond acceptors (Lipinski definition) is 4. The number of hydrogen-bond donors (Lipinski definition) is 1. The maximum atomic E-state index is 4.24. The lowest BCUT2D eigenvalue weighted by Gasteiger charge is -2.11. The summed E-state index contributed by atoms with van der Waals surface area (Å²) in [5.74, 6) is 0. The fourth-order valence-electron chi connectivity index (χ4n) is 1.68. The second kappa shape index (κ2) is 4.17. The molecule has 3 nitrogen and oxygen atoms in total. The van der Waals surface area contributed by atoms with Crippen molar-refractivity contribution in [3.8, 4) is 0 Å². The van der Waals surface area contributed by atoms with Gasteiger partial charge in [-0.1, -0.05) is 0 Å². The van der Waals surface area contributed by atoms with Crippen LogP contribution in [0.3, 0.4) is 0 Å². The van der Waals surface area contributed by atoms with Gasteiger partial charge in [0, 0.05) is 24.5 Å². The Bertz CT molecular complexity index is 247. The van der Waals surface area contributed by atoms with Gasteiger partial charge >= 0.3 is 0 Å². The Balaban J connectivity index is 1.74. The van der Waals surface area contributed by atoms with Gasteiger partial charge in [0.25, 0.3) is 0 Å². The molecule has 1 aliphatic rings. The highest BCUT2D eigenvalue weighted by molar-refractivity contribution is 7.07. The average Bonchev–Trinajstić information content (AvgIpc) is 2.71. The molecule has 0 amide bonds. The topological polar surface area (TPSA) is 28.2 Å². The van der Waals surface area contributed by atoms with Gasteiger partial charge in [-0.3, -0.25) is 0 Å². The summed E-state index contributed by atoms with van der Waals surface area (Å²) in [7, 11) is 2.17. The first-order valence-electron chi connectivity index (χ1n) is 4.63. The van der Waals surface area contributed by atoms with Crippen molar-refractivity contribution in [2.24, 2.45) is 0 Å². The van der Waals surface area contributed by atoms with Crippen LogP contribution in [0.5, 0.6) is 0 Å². The summed E-state index contributed by atoms with van der Waals surface area (Å²) in [6, 6.07) is 0.659. The van der Waals surface area contributed by atoms with Gasteiger partial charge in [-0.05, 0) is 20.0 Å². The van der Waals surface area contributed by atoms with Crippen LogP contribution in [0.1, 0.15) is 12.1 Å². The van der Waals surface area contributed by atoms with E-state index >= 15 is 0 Å². The molecule has 1 N–H and O–H groups in total. The Labute approximate surface area is 82.8 Å². The zero-order chi connectivity index (χ0) is 9.10. The molecule has 72 valence electrons. The molecule has 1 unspecified atom stereocenters. The summed E-state index contributed by atoms with van der Waals surface area (Å²) in [6.45, 7) is 3.31. The molecule has 1 saturated heterocycles. The Morgan fingerprint density at radius 1 is 1.77 bits per heavy atom.